The molecule has 0 aromatic carbocycles. The topological polar surface area (TPSA) is 122 Å². The molecule has 8 nitrogen and oxygen atoms in total. The van der Waals surface area contributed by atoms with Crippen molar-refractivity contribution in [2.45, 2.75) is 18.4 Å². The van der Waals surface area contributed by atoms with E-state index in [0.717, 1.165) is 0 Å². The number of carbonyl (C=O) groups excluding carboxylic acids is 4. The molecular weight excluding hydrogens is 284 g/mol. The zero-order valence-electron chi connectivity index (χ0n) is 10.8. The molecule has 1 atom stereocenters. The number of carbonyl (C=O) groups is 4. The van der Waals surface area contributed by atoms with Crippen LogP contribution in [-0.2, 0) is 14.4 Å². The van der Waals surface area contributed by atoms with Gasteiger partial charge in [-0.1, -0.05) is 0 Å². The molecular formula is C11H16N4O4S. The third kappa shape index (κ3) is 3.03. The number of thioether (sulfide) groups is 1. The first-order valence-electron chi connectivity index (χ1n) is 6.20. The minimum absolute atomic E-state index is 0.0900. The average molecular weight is 300 g/mol. The van der Waals surface area contributed by atoms with Crippen LogP contribution in [-0.4, -0.2) is 58.8 Å². The summed E-state index contributed by atoms with van der Waals surface area (Å²) in [6.07, 6.45) is 0.703. The van der Waals surface area contributed by atoms with Crippen LogP contribution in [0.1, 0.15) is 12.8 Å². The summed E-state index contributed by atoms with van der Waals surface area (Å²) >= 11 is 1.30. The molecule has 2 aliphatic heterocycles. The largest absolute Gasteiger partial charge is 0.369 e. The lowest BCUT2D eigenvalue weighted by molar-refractivity contribution is -0.130. The summed E-state index contributed by atoms with van der Waals surface area (Å²) in [5, 5.41) is 4.78. The molecule has 0 bridgehead atoms. The Labute approximate surface area is 119 Å². The maximum atomic E-state index is 12.0. The normalized spacial score (nSPS) is 24.9. The van der Waals surface area contributed by atoms with Crippen molar-refractivity contribution in [2.75, 3.05) is 24.6 Å². The summed E-state index contributed by atoms with van der Waals surface area (Å²) in [5.41, 5.74) is 4.03. The lowest BCUT2D eigenvalue weighted by Gasteiger charge is -2.21. The standard InChI is InChI=1S/C11H16N4O4S/c12-7(16)5-20-4-1-8(17)15-3-2-11(6-15)9(18)13-10(19)14-11/h1-6H2,(H2,12,16)(H2,13,14,18,19). The summed E-state index contributed by atoms with van der Waals surface area (Å²) in [6, 6.07) is -0.513. The molecule has 0 saturated carbocycles. The second-order valence-electron chi connectivity index (χ2n) is 4.82. The second-order valence-corrected chi connectivity index (χ2v) is 5.93. The van der Waals surface area contributed by atoms with Crippen LogP contribution in [0.3, 0.4) is 0 Å². The molecule has 9 heteroatoms. The highest BCUT2D eigenvalue weighted by molar-refractivity contribution is 7.99. The minimum Gasteiger partial charge on any atom is -0.369 e. The Kier molecular flexibility index (Phi) is 4.17. The summed E-state index contributed by atoms with van der Waals surface area (Å²) in [7, 11) is 0. The molecule has 2 heterocycles. The summed E-state index contributed by atoms with van der Waals surface area (Å²) in [6.45, 7) is 0.636. The average Bonchev–Trinajstić information content (AvgIpc) is 2.90. The fraction of sp³-hybridized carbons (Fsp3) is 0.636. The molecule has 1 unspecified atom stereocenters. The SMILES string of the molecule is NC(=O)CSCCC(=O)N1CCC2(C1)NC(=O)NC2=O. The lowest BCUT2D eigenvalue weighted by Crippen LogP contribution is -2.49. The smallest absolute Gasteiger partial charge is 0.322 e. The minimum atomic E-state index is -0.965. The van der Waals surface area contributed by atoms with Gasteiger partial charge in [0.05, 0.1) is 12.3 Å². The quantitative estimate of drug-likeness (QED) is 0.417. The van der Waals surface area contributed by atoms with Gasteiger partial charge in [0, 0.05) is 18.7 Å². The van der Waals surface area contributed by atoms with Crippen LogP contribution in [0.4, 0.5) is 4.79 Å². The number of hydrogen-bond donors (Lipinski definition) is 3. The van der Waals surface area contributed by atoms with Gasteiger partial charge in [0.15, 0.2) is 0 Å². The Balaban J connectivity index is 1.80. The first-order valence-corrected chi connectivity index (χ1v) is 7.36. The first kappa shape index (κ1) is 14.6. The van der Waals surface area contributed by atoms with Gasteiger partial charge in [-0.3, -0.25) is 19.7 Å². The van der Waals surface area contributed by atoms with E-state index in [-0.39, 0.29) is 30.5 Å². The number of imide groups is 1. The maximum absolute atomic E-state index is 12.0. The fourth-order valence-corrected chi connectivity index (χ4v) is 2.99. The molecule has 2 aliphatic rings. The molecule has 4 N–H and O–H groups in total. The third-order valence-corrected chi connectivity index (χ3v) is 4.32. The van der Waals surface area contributed by atoms with Gasteiger partial charge in [-0.15, -0.1) is 0 Å². The maximum Gasteiger partial charge on any atom is 0.322 e. The zero-order valence-corrected chi connectivity index (χ0v) is 11.6. The highest BCUT2D eigenvalue weighted by Gasteiger charge is 2.51. The molecule has 110 valence electrons. The number of nitrogens with two attached hydrogens (primary N) is 1. The Morgan fingerprint density at radius 2 is 2.15 bits per heavy atom. The Hall–Kier alpha value is -1.77. The number of amides is 5. The molecule has 2 fully saturated rings. The Morgan fingerprint density at radius 3 is 2.75 bits per heavy atom. The number of nitrogens with zero attached hydrogens (tertiary/aromatic N) is 1. The van der Waals surface area contributed by atoms with Crippen molar-refractivity contribution >= 4 is 35.5 Å². The van der Waals surface area contributed by atoms with Crippen LogP contribution < -0.4 is 16.4 Å². The molecule has 0 aromatic heterocycles. The van der Waals surface area contributed by atoms with Gasteiger partial charge in [0.25, 0.3) is 5.91 Å². The van der Waals surface area contributed by atoms with Crippen molar-refractivity contribution in [2.24, 2.45) is 5.73 Å². The molecule has 5 amide bonds. The van der Waals surface area contributed by atoms with Crippen LogP contribution >= 0.6 is 11.8 Å². The van der Waals surface area contributed by atoms with Crippen LogP contribution in [0, 0.1) is 0 Å². The molecule has 0 aliphatic carbocycles. The van der Waals surface area contributed by atoms with Gasteiger partial charge in [-0.2, -0.15) is 11.8 Å². The summed E-state index contributed by atoms with van der Waals surface area (Å²) < 4.78 is 0. The van der Waals surface area contributed by atoms with E-state index in [1.807, 2.05) is 0 Å². The van der Waals surface area contributed by atoms with Gasteiger partial charge in [0.2, 0.25) is 11.8 Å². The van der Waals surface area contributed by atoms with Crippen LogP contribution in [0.25, 0.3) is 0 Å². The van der Waals surface area contributed by atoms with Gasteiger partial charge in [0.1, 0.15) is 5.54 Å². The van der Waals surface area contributed by atoms with Crippen molar-refractivity contribution in [1.29, 1.82) is 0 Å². The molecule has 20 heavy (non-hydrogen) atoms. The third-order valence-electron chi connectivity index (χ3n) is 3.34. The van der Waals surface area contributed by atoms with Crippen LogP contribution in [0.5, 0.6) is 0 Å². The van der Waals surface area contributed by atoms with E-state index in [4.69, 9.17) is 5.73 Å². The van der Waals surface area contributed by atoms with E-state index in [1.54, 1.807) is 4.90 Å². The van der Waals surface area contributed by atoms with E-state index < -0.39 is 17.5 Å². The number of urea groups is 1. The predicted molar refractivity (Wildman–Crippen MR) is 71.7 cm³/mol. The van der Waals surface area contributed by atoms with Crippen molar-refractivity contribution in [3.8, 4) is 0 Å². The Morgan fingerprint density at radius 1 is 1.40 bits per heavy atom. The Bertz CT molecular complexity index is 469. The van der Waals surface area contributed by atoms with E-state index >= 15 is 0 Å². The number of primary amides is 1. The van der Waals surface area contributed by atoms with Gasteiger partial charge >= 0.3 is 6.03 Å². The first-order chi connectivity index (χ1) is 9.43. The molecule has 0 radical (unpaired) electrons. The number of nitrogens with one attached hydrogen (secondary N) is 2. The highest BCUT2D eigenvalue weighted by atomic mass is 32.2. The summed E-state index contributed by atoms with van der Waals surface area (Å²) in [4.78, 5) is 47.0. The fourth-order valence-electron chi connectivity index (χ4n) is 2.33. The summed E-state index contributed by atoms with van der Waals surface area (Å²) in [5.74, 6) is -0.180. The van der Waals surface area contributed by atoms with Crippen molar-refractivity contribution in [3.63, 3.8) is 0 Å². The van der Waals surface area contributed by atoms with Crippen molar-refractivity contribution < 1.29 is 19.2 Å². The van der Waals surface area contributed by atoms with E-state index in [0.29, 0.717) is 18.7 Å². The number of likely N-dealkylation sites (tertiary alicyclic amines) is 1. The molecule has 1 spiro atoms. The number of hydrogen-bond acceptors (Lipinski definition) is 5. The highest BCUT2D eigenvalue weighted by Crippen LogP contribution is 2.25. The van der Waals surface area contributed by atoms with E-state index in [9.17, 15) is 19.2 Å². The second kappa shape index (κ2) is 5.70. The van der Waals surface area contributed by atoms with Gasteiger partial charge in [-0.25, -0.2) is 4.79 Å². The molecule has 2 rings (SSSR count). The van der Waals surface area contributed by atoms with E-state index in [2.05, 4.69) is 10.6 Å². The molecule has 0 aromatic rings. The zero-order chi connectivity index (χ0) is 14.8. The predicted octanol–water partition coefficient (Wildman–Crippen LogP) is -1.59. The van der Waals surface area contributed by atoms with Crippen LogP contribution in [0.15, 0.2) is 0 Å². The van der Waals surface area contributed by atoms with Gasteiger partial charge in [-0.05, 0) is 6.42 Å². The number of rotatable bonds is 5. The van der Waals surface area contributed by atoms with Gasteiger partial charge < -0.3 is 16.0 Å². The molecule has 2 saturated heterocycles. The van der Waals surface area contributed by atoms with Crippen molar-refractivity contribution in [3.05, 3.63) is 0 Å². The van der Waals surface area contributed by atoms with Crippen molar-refractivity contribution in [1.82, 2.24) is 15.5 Å². The monoisotopic (exact) mass is 300 g/mol. The van der Waals surface area contributed by atoms with E-state index in [1.165, 1.54) is 11.8 Å². The lowest BCUT2D eigenvalue weighted by atomic mass is 10.00. The van der Waals surface area contributed by atoms with Crippen LogP contribution in [0.2, 0.25) is 0 Å².